The van der Waals surface area contributed by atoms with Gasteiger partial charge in [-0.25, -0.2) is 15.0 Å². The summed E-state index contributed by atoms with van der Waals surface area (Å²) < 4.78 is 0. The summed E-state index contributed by atoms with van der Waals surface area (Å²) in [5.41, 5.74) is 20.7. The number of benzene rings is 9. The molecular formula is C63H47N3. The highest BCUT2D eigenvalue weighted by atomic mass is 15.0. The molecule has 0 saturated heterocycles. The first-order valence-corrected chi connectivity index (χ1v) is 23.3. The maximum Gasteiger partial charge on any atom is 0.164 e. The molecule has 3 nitrogen and oxygen atoms in total. The standard InChI is InChI=1S/C63H47N3/c1-4-14-43(15-5-1)51-18-12-20-54(40-51)61-64-60(65-62(66-61)55-21-13-19-52(41-55)44-16-6-2-7-17-44)50-34-32-48(33-35-50)46-26-24-45(25-27-46)47-28-30-49(31-29-47)53-36-37-57-56-22-8-9-23-58(56)63(59(57)42-53)38-10-3-11-39-63/h1-2,4-9,12-37,40-42H,3,10-11,38-39H2. The molecular weight excluding hydrogens is 799 g/mol. The van der Waals surface area contributed by atoms with E-state index in [-0.39, 0.29) is 5.41 Å². The molecule has 0 atom stereocenters. The van der Waals surface area contributed by atoms with Crippen LogP contribution < -0.4 is 0 Å². The third-order valence-electron chi connectivity index (χ3n) is 14.0. The van der Waals surface area contributed by atoms with Gasteiger partial charge in [0.05, 0.1) is 0 Å². The quantitative estimate of drug-likeness (QED) is 0.153. The summed E-state index contributed by atoms with van der Waals surface area (Å²) in [6, 6.07) is 80.7. The monoisotopic (exact) mass is 845 g/mol. The third-order valence-corrected chi connectivity index (χ3v) is 14.0. The first-order chi connectivity index (χ1) is 32.6. The molecule has 0 unspecified atom stereocenters. The second kappa shape index (κ2) is 16.8. The maximum atomic E-state index is 5.11. The van der Waals surface area contributed by atoms with Crippen molar-refractivity contribution in [2.75, 3.05) is 0 Å². The van der Waals surface area contributed by atoms with Crippen molar-refractivity contribution >= 4 is 0 Å². The van der Waals surface area contributed by atoms with E-state index in [9.17, 15) is 0 Å². The minimum Gasteiger partial charge on any atom is -0.208 e. The fourth-order valence-corrected chi connectivity index (χ4v) is 10.6. The Balaban J connectivity index is 0.819. The maximum absolute atomic E-state index is 5.11. The number of fused-ring (bicyclic) bond motifs is 5. The summed E-state index contributed by atoms with van der Waals surface area (Å²) in [4.78, 5) is 15.3. The summed E-state index contributed by atoms with van der Waals surface area (Å²) in [5.74, 6) is 1.91. The molecule has 314 valence electrons. The Labute approximate surface area is 387 Å². The zero-order valence-electron chi connectivity index (χ0n) is 36.7. The molecule has 0 bridgehead atoms. The van der Waals surface area contributed by atoms with E-state index in [1.54, 1.807) is 5.56 Å². The van der Waals surface area contributed by atoms with E-state index < -0.39 is 0 Å². The average molecular weight is 846 g/mol. The van der Waals surface area contributed by atoms with Crippen molar-refractivity contribution in [3.8, 4) is 101 Å². The van der Waals surface area contributed by atoms with Crippen LogP contribution in [0.5, 0.6) is 0 Å². The van der Waals surface area contributed by atoms with Gasteiger partial charge in [0.1, 0.15) is 0 Å². The van der Waals surface area contributed by atoms with Gasteiger partial charge >= 0.3 is 0 Å². The molecule has 1 heterocycles. The molecule has 1 spiro atoms. The molecule has 0 N–H and O–H groups in total. The highest BCUT2D eigenvalue weighted by molar-refractivity contribution is 5.85. The van der Waals surface area contributed by atoms with Gasteiger partial charge in [-0.3, -0.25) is 0 Å². The fourth-order valence-electron chi connectivity index (χ4n) is 10.6. The lowest BCUT2D eigenvalue weighted by Crippen LogP contribution is -2.28. The lowest BCUT2D eigenvalue weighted by molar-refractivity contribution is 0.353. The zero-order valence-corrected chi connectivity index (χ0v) is 36.7. The summed E-state index contributed by atoms with van der Waals surface area (Å²) >= 11 is 0. The van der Waals surface area contributed by atoms with Gasteiger partial charge in [0.15, 0.2) is 17.5 Å². The van der Waals surface area contributed by atoms with Gasteiger partial charge < -0.3 is 0 Å². The van der Waals surface area contributed by atoms with E-state index in [1.165, 1.54) is 71.0 Å². The van der Waals surface area contributed by atoms with E-state index in [0.29, 0.717) is 17.5 Å². The van der Waals surface area contributed by atoms with Crippen LogP contribution in [0.2, 0.25) is 0 Å². The molecule has 12 rings (SSSR count). The van der Waals surface area contributed by atoms with Crippen LogP contribution in [0.1, 0.15) is 43.2 Å². The van der Waals surface area contributed by atoms with Crippen molar-refractivity contribution in [2.45, 2.75) is 37.5 Å². The van der Waals surface area contributed by atoms with Crippen molar-refractivity contribution in [2.24, 2.45) is 0 Å². The van der Waals surface area contributed by atoms with Gasteiger partial charge in [-0.1, -0.05) is 226 Å². The Kier molecular flexibility index (Phi) is 10.1. The zero-order chi connectivity index (χ0) is 43.9. The Morgan fingerprint density at radius 1 is 0.242 bits per heavy atom. The number of rotatable bonds is 8. The summed E-state index contributed by atoms with van der Waals surface area (Å²) in [6.07, 6.45) is 6.44. The highest BCUT2D eigenvalue weighted by Gasteiger charge is 2.43. The highest BCUT2D eigenvalue weighted by Crippen LogP contribution is 2.56. The van der Waals surface area contributed by atoms with Crippen molar-refractivity contribution in [1.82, 2.24) is 15.0 Å². The number of nitrogens with zero attached hydrogens (tertiary/aromatic N) is 3. The van der Waals surface area contributed by atoms with Gasteiger partial charge in [0.2, 0.25) is 0 Å². The minimum absolute atomic E-state index is 0.161. The van der Waals surface area contributed by atoms with Crippen LogP contribution in [0.15, 0.2) is 224 Å². The average Bonchev–Trinajstić information content (AvgIpc) is 3.66. The smallest absolute Gasteiger partial charge is 0.164 e. The lowest BCUT2D eigenvalue weighted by Gasteiger charge is -2.36. The Morgan fingerprint density at radius 2 is 0.591 bits per heavy atom. The molecule has 0 amide bonds. The molecule has 0 aliphatic heterocycles. The fraction of sp³-hybridized carbons (Fsp3) is 0.0952. The van der Waals surface area contributed by atoms with Crippen molar-refractivity contribution in [1.29, 1.82) is 0 Å². The summed E-state index contributed by atoms with van der Waals surface area (Å²) in [5, 5.41) is 0. The molecule has 10 aromatic rings. The van der Waals surface area contributed by atoms with E-state index in [1.807, 2.05) is 12.1 Å². The molecule has 2 aliphatic rings. The number of hydrogen-bond donors (Lipinski definition) is 0. The van der Waals surface area contributed by atoms with Gasteiger partial charge in [-0.05, 0) is 109 Å². The predicted molar refractivity (Wildman–Crippen MR) is 273 cm³/mol. The topological polar surface area (TPSA) is 38.7 Å². The first-order valence-electron chi connectivity index (χ1n) is 23.3. The largest absolute Gasteiger partial charge is 0.208 e. The van der Waals surface area contributed by atoms with Gasteiger partial charge in [-0.2, -0.15) is 0 Å². The van der Waals surface area contributed by atoms with Crippen LogP contribution in [0.3, 0.4) is 0 Å². The van der Waals surface area contributed by atoms with Crippen molar-refractivity contribution < 1.29 is 0 Å². The Bertz CT molecular complexity index is 3250. The number of aromatic nitrogens is 3. The molecule has 1 aromatic heterocycles. The molecule has 9 aromatic carbocycles. The normalized spacial score (nSPS) is 13.6. The van der Waals surface area contributed by atoms with E-state index in [0.717, 1.165) is 50.1 Å². The van der Waals surface area contributed by atoms with E-state index in [4.69, 9.17) is 15.0 Å². The second-order valence-corrected chi connectivity index (χ2v) is 17.9. The molecule has 3 heteroatoms. The SMILES string of the molecule is c1ccc(-c2cccc(-c3nc(-c4ccc(-c5ccc(-c6ccc(-c7ccc8c(c7)C7(CCCCC7)c7ccccc7-8)cc6)cc5)cc4)nc(-c4cccc(-c5ccccc5)c4)n3)c2)cc1. The van der Waals surface area contributed by atoms with Crippen LogP contribution >= 0.6 is 0 Å². The molecule has 0 radical (unpaired) electrons. The molecule has 2 aliphatic carbocycles. The summed E-state index contributed by atoms with van der Waals surface area (Å²) in [6.45, 7) is 0. The lowest BCUT2D eigenvalue weighted by atomic mass is 9.67. The van der Waals surface area contributed by atoms with Gasteiger partial charge in [0, 0.05) is 22.1 Å². The van der Waals surface area contributed by atoms with Crippen LogP contribution in [0.25, 0.3) is 101 Å². The van der Waals surface area contributed by atoms with Crippen LogP contribution in [-0.2, 0) is 5.41 Å². The van der Waals surface area contributed by atoms with E-state index in [2.05, 4.69) is 212 Å². The van der Waals surface area contributed by atoms with E-state index >= 15 is 0 Å². The molecule has 66 heavy (non-hydrogen) atoms. The molecule has 1 fully saturated rings. The van der Waals surface area contributed by atoms with Crippen LogP contribution in [0.4, 0.5) is 0 Å². The Morgan fingerprint density at radius 3 is 1.11 bits per heavy atom. The van der Waals surface area contributed by atoms with Gasteiger partial charge in [0.25, 0.3) is 0 Å². The summed E-state index contributed by atoms with van der Waals surface area (Å²) in [7, 11) is 0. The van der Waals surface area contributed by atoms with Crippen LogP contribution in [-0.4, -0.2) is 15.0 Å². The van der Waals surface area contributed by atoms with Crippen LogP contribution in [0, 0.1) is 0 Å². The first kappa shape index (κ1) is 39.6. The minimum atomic E-state index is 0.161. The Hall–Kier alpha value is -8.01. The third kappa shape index (κ3) is 7.33. The number of hydrogen-bond acceptors (Lipinski definition) is 3. The second-order valence-electron chi connectivity index (χ2n) is 17.9. The predicted octanol–water partition coefficient (Wildman–Crippen LogP) is 16.4. The molecule has 1 saturated carbocycles. The van der Waals surface area contributed by atoms with Crippen molar-refractivity contribution in [3.05, 3.63) is 236 Å². The van der Waals surface area contributed by atoms with Crippen molar-refractivity contribution in [3.63, 3.8) is 0 Å². The van der Waals surface area contributed by atoms with Gasteiger partial charge in [-0.15, -0.1) is 0 Å².